The van der Waals surface area contributed by atoms with Gasteiger partial charge in [-0.1, -0.05) is 6.07 Å². The van der Waals surface area contributed by atoms with Gasteiger partial charge >= 0.3 is 0 Å². The van der Waals surface area contributed by atoms with E-state index in [1.54, 1.807) is 0 Å². The number of rotatable bonds is 3. The molecule has 0 bridgehead atoms. The predicted molar refractivity (Wildman–Crippen MR) is 69.9 cm³/mol. The van der Waals surface area contributed by atoms with Crippen LogP contribution in [-0.4, -0.2) is 12.0 Å². The number of benzene rings is 1. The Morgan fingerprint density at radius 1 is 1.44 bits per heavy atom. The predicted octanol–water partition coefficient (Wildman–Crippen LogP) is 2.95. The lowest BCUT2D eigenvalue weighted by Gasteiger charge is -2.28. The Bertz CT molecular complexity index is 607. The van der Waals surface area contributed by atoms with E-state index in [1.807, 2.05) is 46.0 Å². The second-order valence-electron chi connectivity index (χ2n) is 5.02. The number of hydrogen-bond donors (Lipinski definition) is 1. The maximum absolute atomic E-state index is 9.25. The van der Waals surface area contributed by atoms with Crippen LogP contribution in [0.1, 0.15) is 31.3 Å². The molecule has 2 rings (SSSR count). The van der Waals surface area contributed by atoms with Crippen molar-refractivity contribution in [3.8, 4) is 6.07 Å². The average molecular weight is 243 g/mol. The molecular weight excluding hydrogens is 226 g/mol. The van der Waals surface area contributed by atoms with Crippen molar-refractivity contribution in [2.45, 2.75) is 26.8 Å². The first kappa shape index (κ1) is 12.6. The van der Waals surface area contributed by atoms with Crippen LogP contribution in [0.15, 0.2) is 22.6 Å². The summed E-state index contributed by atoms with van der Waals surface area (Å²) in [6.45, 7) is 5.67. The second-order valence-corrected chi connectivity index (χ2v) is 5.02. The van der Waals surface area contributed by atoms with Crippen molar-refractivity contribution < 1.29 is 4.42 Å². The topological polar surface area (TPSA) is 61.9 Å². The van der Waals surface area contributed by atoms with E-state index in [0.29, 0.717) is 5.89 Å². The van der Waals surface area contributed by atoms with E-state index >= 15 is 0 Å². The van der Waals surface area contributed by atoms with E-state index in [1.165, 1.54) is 0 Å². The standard InChI is InChI=1S/C14H17N3O/c1-9-17-11-7-10(5-6-12(11)18-9)13(16-4)14(2,3)8-15/h5-7,13,16H,1-4H3. The minimum absolute atomic E-state index is 0.0380. The highest BCUT2D eigenvalue weighted by molar-refractivity contribution is 5.73. The van der Waals surface area contributed by atoms with E-state index in [9.17, 15) is 5.26 Å². The quantitative estimate of drug-likeness (QED) is 0.900. The van der Waals surface area contributed by atoms with Gasteiger partial charge in [-0.15, -0.1) is 0 Å². The van der Waals surface area contributed by atoms with Gasteiger partial charge in [-0.05, 0) is 38.6 Å². The lowest BCUT2D eigenvalue weighted by atomic mass is 9.82. The van der Waals surface area contributed by atoms with Crippen LogP contribution in [0.25, 0.3) is 11.1 Å². The highest BCUT2D eigenvalue weighted by atomic mass is 16.3. The molecule has 1 N–H and O–H groups in total. The summed E-state index contributed by atoms with van der Waals surface area (Å²) in [7, 11) is 1.86. The molecular formula is C14H17N3O. The van der Waals surface area contributed by atoms with Gasteiger partial charge in [-0.3, -0.25) is 0 Å². The molecule has 0 fully saturated rings. The highest BCUT2D eigenvalue weighted by Crippen LogP contribution is 2.33. The minimum atomic E-state index is -0.485. The summed E-state index contributed by atoms with van der Waals surface area (Å²) >= 11 is 0. The highest BCUT2D eigenvalue weighted by Gasteiger charge is 2.29. The largest absolute Gasteiger partial charge is 0.441 e. The second kappa shape index (κ2) is 4.43. The summed E-state index contributed by atoms with van der Waals surface area (Å²) in [5, 5.41) is 12.5. The van der Waals surface area contributed by atoms with E-state index < -0.39 is 5.41 Å². The third kappa shape index (κ3) is 2.09. The molecule has 4 nitrogen and oxygen atoms in total. The SMILES string of the molecule is CNC(c1ccc2oc(C)nc2c1)C(C)(C)C#N. The van der Waals surface area contributed by atoms with Crippen molar-refractivity contribution in [1.82, 2.24) is 10.3 Å². The number of hydrogen-bond acceptors (Lipinski definition) is 4. The summed E-state index contributed by atoms with van der Waals surface area (Å²) < 4.78 is 5.45. The van der Waals surface area contributed by atoms with Gasteiger partial charge < -0.3 is 9.73 Å². The van der Waals surface area contributed by atoms with Crippen molar-refractivity contribution in [3.05, 3.63) is 29.7 Å². The molecule has 1 unspecified atom stereocenters. The number of fused-ring (bicyclic) bond motifs is 1. The average Bonchev–Trinajstić information content (AvgIpc) is 2.69. The molecule has 2 aromatic rings. The van der Waals surface area contributed by atoms with Gasteiger partial charge in [-0.25, -0.2) is 4.98 Å². The molecule has 0 saturated carbocycles. The van der Waals surface area contributed by atoms with Crippen molar-refractivity contribution in [1.29, 1.82) is 5.26 Å². The minimum Gasteiger partial charge on any atom is -0.441 e. The van der Waals surface area contributed by atoms with E-state index in [-0.39, 0.29) is 6.04 Å². The molecule has 0 aliphatic carbocycles. The van der Waals surface area contributed by atoms with Crippen molar-refractivity contribution in [2.75, 3.05) is 7.05 Å². The normalized spacial score (nSPS) is 13.5. The first-order chi connectivity index (χ1) is 8.47. The molecule has 0 aliphatic rings. The van der Waals surface area contributed by atoms with Crippen LogP contribution in [0.3, 0.4) is 0 Å². The van der Waals surface area contributed by atoms with Crippen LogP contribution in [0.2, 0.25) is 0 Å². The molecule has 1 atom stereocenters. The fourth-order valence-electron chi connectivity index (χ4n) is 2.25. The van der Waals surface area contributed by atoms with Gasteiger partial charge in [0.15, 0.2) is 11.5 Å². The van der Waals surface area contributed by atoms with E-state index in [4.69, 9.17) is 4.42 Å². The van der Waals surface area contributed by atoms with Gasteiger partial charge in [0.05, 0.1) is 17.5 Å². The molecule has 4 heteroatoms. The molecule has 0 radical (unpaired) electrons. The summed E-state index contributed by atoms with van der Waals surface area (Å²) in [6.07, 6.45) is 0. The summed E-state index contributed by atoms with van der Waals surface area (Å²) in [5.74, 6) is 0.655. The first-order valence-corrected chi connectivity index (χ1v) is 5.93. The van der Waals surface area contributed by atoms with Crippen molar-refractivity contribution >= 4 is 11.1 Å². The van der Waals surface area contributed by atoms with E-state index in [0.717, 1.165) is 16.7 Å². The summed E-state index contributed by atoms with van der Waals surface area (Å²) in [5.41, 5.74) is 2.17. The van der Waals surface area contributed by atoms with Crippen LogP contribution in [0, 0.1) is 23.7 Å². The summed E-state index contributed by atoms with van der Waals surface area (Å²) in [4.78, 5) is 4.32. The third-order valence-corrected chi connectivity index (χ3v) is 3.15. The zero-order valence-electron chi connectivity index (χ0n) is 11.1. The first-order valence-electron chi connectivity index (χ1n) is 5.93. The molecule has 1 aromatic heterocycles. The number of nitriles is 1. The maximum atomic E-state index is 9.25. The maximum Gasteiger partial charge on any atom is 0.192 e. The Morgan fingerprint density at radius 2 is 2.17 bits per heavy atom. The third-order valence-electron chi connectivity index (χ3n) is 3.15. The molecule has 94 valence electrons. The number of nitrogens with one attached hydrogen (secondary N) is 1. The summed E-state index contributed by atoms with van der Waals surface area (Å²) in [6, 6.07) is 8.16. The van der Waals surface area contributed by atoms with Gasteiger partial charge in [0.2, 0.25) is 0 Å². The van der Waals surface area contributed by atoms with Crippen molar-refractivity contribution in [3.63, 3.8) is 0 Å². The smallest absolute Gasteiger partial charge is 0.192 e. The van der Waals surface area contributed by atoms with Crippen molar-refractivity contribution in [2.24, 2.45) is 5.41 Å². The monoisotopic (exact) mass is 243 g/mol. The van der Waals surface area contributed by atoms with Crippen LogP contribution >= 0.6 is 0 Å². The van der Waals surface area contributed by atoms with Gasteiger partial charge in [0.25, 0.3) is 0 Å². The zero-order chi connectivity index (χ0) is 13.3. The lowest BCUT2D eigenvalue weighted by Crippen LogP contribution is -2.30. The Balaban J connectivity index is 2.49. The lowest BCUT2D eigenvalue weighted by molar-refractivity contribution is 0.344. The van der Waals surface area contributed by atoms with Crippen LogP contribution in [-0.2, 0) is 0 Å². The molecule has 1 aromatic carbocycles. The number of aromatic nitrogens is 1. The fourth-order valence-corrected chi connectivity index (χ4v) is 2.25. The van der Waals surface area contributed by atoms with Crippen LogP contribution in [0.5, 0.6) is 0 Å². The number of nitrogens with zero attached hydrogens (tertiary/aromatic N) is 2. The van der Waals surface area contributed by atoms with Gasteiger partial charge in [0, 0.05) is 6.92 Å². The Morgan fingerprint density at radius 3 is 2.78 bits per heavy atom. The molecule has 0 amide bonds. The van der Waals surface area contributed by atoms with E-state index in [2.05, 4.69) is 16.4 Å². The number of oxazole rings is 1. The molecule has 0 spiro atoms. The Hall–Kier alpha value is -1.86. The van der Waals surface area contributed by atoms with Crippen LogP contribution in [0.4, 0.5) is 0 Å². The molecule has 0 aliphatic heterocycles. The van der Waals surface area contributed by atoms with Gasteiger partial charge in [-0.2, -0.15) is 5.26 Å². The Labute approximate surface area is 107 Å². The van der Waals surface area contributed by atoms with Crippen LogP contribution < -0.4 is 5.32 Å². The van der Waals surface area contributed by atoms with Gasteiger partial charge in [0.1, 0.15) is 5.52 Å². The number of aryl methyl sites for hydroxylation is 1. The molecule has 18 heavy (non-hydrogen) atoms. The zero-order valence-corrected chi connectivity index (χ0v) is 11.1. The Kier molecular flexibility index (Phi) is 3.10. The molecule has 0 saturated heterocycles. The fraction of sp³-hybridized carbons (Fsp3) is 0.429. The molecule has 1 heterocycles.